The third kappa shape index (κ3) is 2.42. The molecule has 1 aromatic carbocycles. The Balaban J connectivity index is 3.08. The van der Waals surface area contributed by atoms with Crippen molar-refractivity contribution in [1.29, 1.82) is 0 Å². The number of rotatable bonds is 2. The van der Waals surface area contributed by atoms with E-state index >= 15 is 0 Å². The number of carboxylic acid groups (broad SMARTS) is 1. The highest BCUT2D eigenvalue weighted by molar-refractivity contribution is 9.10. The van der Waals surface area contributed by atoms with Crippen molar-refractivity contribution in [3.63, 3.8) is 0 Å². The Kier molecular flexibility index (Phi) is 2.87. The maximum atomic E-state index is 12.7. The summed E-state index contributed by atoms with van der Waals surface area (Å²) in [6, 6.07) is 2.13. The number of carboxylic acids is 1. The van der Waals surface area contributed by atoms with E-state index in [1.54, 1.807) is 0 Å². The third-order valence-electron chi connectivity index (χ3n) is 1.46. The van der Waals surface area contributed by atoms with Crippen LogP contribution in [0.4, 0.5) is 4.39 Å². The molecule has 0 aliphatic carbocycles. The van der Waals surface area contributed by atoms with Gasteiger partial charge in [0.1, 0.15) is 0 Å². The van der Waals surface area contributed by atoms with E-state index in [0.717, 1.165) is 12.1 Å². The molecule has 0 aromatic heterocycles. The van der Waals surface area contributed by atoms with Gasteiger partial charge in [0.2, 0.25) is 0 Å². The lowest BCUT2D eigenvalue weighted by Gasteiger charge is -2.02. The van der Waals surface area contributed by atoms with Crippen LogP contribution in [-0.2, 0) is 11.2 Å². The van der Waals surface area contributed by atoms with Crippen LogP contribution in [0.5, 0.6) is 5.75 Å². The molecule has 0 saturated heterocycles. The molecule has 0 heterocycles. The lowest BCUT2D eigenvalue weighted by atomic mass is 10.1. The number of halogens is 2. The molecule has 13 heavy (non-hydrogen) atoms. The Hall–Kier alpha value is -1.10. The van der Waals surface area contributed by atoms with Crippen molar-refractivity contribution in [2.24, 2.45) is 0 Å². The van der Waals surface area contributed by atoms with Gasteiger partial charge >= 0.3 is 5.97 Å². The highest BCUT2D eigenvalue weighted by Crippen LogP contribution is 2.25. The summed E-state index contributed by atoms with van der Waals surface area (Å²) in [5.41, 5.74) is 0.294. The van der Waals surface area contributed by atoms with Gasteiger partial charge in [-0.1, -0.05) is 15.9 Å². The normalized spacial score (nSPS) is 10.0. The zero-order valence-corrected chi connectivity index (χ0v) is 8.01. The molecule has 0 saturated carbocycles. The standard InChI is InChI=1S/C8H6BrFO3/c9-5-3-7(11)6(10)1-4(5)2-8(12)13/h1,3,11H,2H2,(H,12,13). The van der Waals surface area contributed by atoms with Crippen molar-refractivity contribution in [1.82, 2.24) is 0 Å². The van der Waals surface area contributed by atoms with Gasteiger partial charge < -0.3 is 10.2 Å². The average Bonchev–Trinajstić information content (AvgIpc) is 1.99. The average molecular weight is 249 g/mol. The number of aromatic hydroxyl groups is 1. The first-order chi connectivity index (χ1) is 6.00. The first kappa shape index (κ1) is 9.98. The molecule has 0 bridgehead atoms. The predicted octanol–water partition coefficient (Wildman–Crippen LogP) is 1.92. The van der Waals surface area contributed by atoms with E-state index in [-0.39, 0.29) is 6.42 Å². The highest BCUT2D eigenvalue weighted by atomic mass is 79.9. The minimum atomic E-state index is -1.05. The molecule has 0 unspecified atom stereocenters. The molecule has 3 nitrogen and oxygen atoms in total. The smallest absolute Gasteiger partial charge is 0.307 e. The lowest BCUT2D eigenvalue weighted by molar-refractivity contribution is -0.136. The van der Waals surface area contributed by atoms with Crippen LogP contribution in [0, 0.1) is 5.82 Å². The van der Waals surface area contributed by atoms with Gasteiger partial charge in [-0.3, -0.25) is 4.79 Å². The van der Waals surface area contributed by atoms with Crippen LogP contribution in [0.2, 0.25) is 0 Å². The van der Waals surface area contributed by atoms with Gasteiger partial charge in [0.25, 0.3) is 0 Å². The summed E-state index contributed by atoms with van der Waals surface area (Å²) in [7, 11) is 0. The number of hydrogen-bond donors (Lipinski definition) is 2. The van der Waals surface area contributed by atoms with Crippen LogP contribution >= 0.6 is 15.9 Å². The fraction of sp³-hybridized carbons (Fsp3) is 0.125. The van der Waals surface area contributed by atoms with E-state index in [1.165, 1.54) is 0 Å². The summed E-state index contributed by atoms with van der Waals surface area (Å²) in [4.78, 5) is 10.3. The summed E-state index contributed by atoms with van der Waals surface area (Å²) in [5.74, 6) is -2.37. The molecular weight excluding hydrogens is 243 g/mol. The molecule has 0 fully saturated rings. The fourth-order valence-corrected chi connectivity index (χ4v) is 1.35. The minimum Gasteiger partial charge on any atom is -0.505 e. The van der Waals surface area contributed by atoms with E-state index in [0.29, 0.717) is 10.0 Å². The van der Waals surface area contributed by atoms with E-state index in [4.69, 9.17) is 10.2 Å². The number of benzene rings is 1. The molecule has 70 valence electrons. The van der Waals surface area contributed by atoms with Crippen molar-refractivity contribution in [3.05, 3.63) is 28.0 Å². The molecule has 2 N–H and O–H groups in total. The van der Waals surface area contributed by atoms with Gasteiger partial charge in [-0.15, -0.1) is 0 Å². The van der Waals surface area contributed by atoms with Crippen molar-refractivity contribution < 1.29 is 19.4 Å². The zero-order valence-electron chi connectivity index (χ0n) is 6.42. The van der Waals surface area contributed by atoms with Crippen molar-refractivity contribution in [2.45, 2.75) is 6.42 Å². The third-order valence-corrected chi connectivity index (χ3v) is 2.20. The van der Waals surface area contributed by atoms with Gasteiger partial charge in [-0.25, -0.2) is 4.39 Å². The van der Waals surface area contributed by atoms with Crippen molar-refractivity contribution >= 4 is 21.9 Å². The predicted molar refractivity (Wildman–Crippen MR) is 47.1 cm³/mol. The van der Waals surface area contributed by atoms with Crippen LogP contribution in [0.1, 0.15) is 5.56 Å². The van der Waals surface area contributed by atoms with Gasteiger partial charge in [0.05, 0.1) is 6.42 Å². The summed E-state index contributed by atoms with van der Waals surface area (Å²) < 4.78 is 13.1. The Morgan fingerprint density at radius 3 is 2.69 bits per heavy atom. The summed E-state index contributed by atoms with van der Waals surface area (Å²) in [6.07, 6.45) is -0.280. The van der Waals surface area contributed by atoms with Crippen LogP contribution in [0.3, 0.4) is 0 Å². The van der Waals surface area contributed by atoms with E-state index in [2.05, 4.69) is 15.9 Å². The first-order valence-corrected chi connectivity index (χ1v) is 4.18. The second-order valence-electron chi connectivity index (χ2n) is 2.47. The van der Waals surface area contributed by atoms with Crippen LogP contribution in [-0.4, -0.2) is 16.2 Å². The van der Waals surface area contributed by atoms with Crippen LogP contribution in [0.25, 0.3) is 0 Å². The monoisotopic (exact) mass is 248 g/mol. The maximum absolute atomic E-state index is 12.7. The Morgan fingerprint density at radius 2 is 2.15 bits per heavy atom. The van der Waals surface area contributed by atoms with Crippen molar-refractivity contribution in [2.75, 3.05) is 0 Å². The second-order valence-corrected chi connectivity index (χ2v) is 3.32. The number of phenolic OH excluding ortho intramolecular Hbond substituents is 1. The summed E-state index contributed by atoms with van der Waals surface area (Å²) in [5, 5.41) is 17.4. The minimum absolute atomic E-state index is 0.280. The second kappa shape index (κ2) is 3.74. The van der Waals surface area contributed by atoms with Crippen LogP contribution in [0.15, 0.2) is 16.6 Å². The topological polar surface area (TPSA) is 57.5 Å². The highest BCUT2D eigenvalue weighted by Gasteiger charge is 2.09. The molecule has 1 aromatic rings. The maximum Gasteiger partial charge on any atom is 0.307 e. The van der Waals surface area contributed by atoms with Gasteiger partial charge in [-0.05, 0) is 17.7 Å². The van der Waals surface area contributed by atoms with E-state index in [9.17, 15) is 9.18 Å². The number of aliphatic carboxylic acids is 1. The molecule has 0 aliphatic heterocycles. The van der Waals surface area contributed by atoms with Crippen LogP contribution < -0.4 is 0 Å². The number of carbonyl (C=O) groups is 1. The molecule has 0 amide bonds. The largest absolute Gasteiger partial charge is 0.505 e. The summed E-state index contributed by atoms with van der Waals surface area (Å²) in [6.45, 7) is 0. The SMILES string of the molecule is O=C(O)Cc1cc(F)c(O)cc1Br. The fourth-order valence-electron chi connectivity index (χ4n) is 0.876. The molecule has 0 spiro atoms. The Labute approximate surface area is 81.9 Å². The molecule has 0 radical (unpaired) electrons. The van der Waals surface area contributed by atoms with E-state index < -0.39 is 17.5 Å². The van der Waals surface area contributed by atoms with Gasteiger partial charge in [0.15, 0.2) is 11.6 Å². The van der Waals surface area contributed by atoms with Crippen molar-refractivity contribution in [3.8, 4) is 5.75 Å². The molecule has 1 rings (SSSR count). The Bertz CT molecular complexity index is 351. The van der Waals surface area contributed by atoms with Gasteiger partial charge in [-0.2, -0.15) is 0 Å². The number of phenols is 1. The molecule has 5 heteroatoms. The zero-order chi connectivity index (χ0) is 10.0. The quantitative estimate of drug-likeness (QED) is 0.841. The Morgan fingerprint density at radius 1 is 1.54 bits per heavy atom. The number of hydrogen-bond acceptors (Lipinski definition) is 2. The molecule has 0 atom stereocenters. The molecular formula is C8H6BrFO3. The lowest BCUT2D eigenvalue weighted by Crippen LogP contribution is -2.01. The first-order valence-electron chi connectivity index (χ1n) is 3.39. The summed E-state index contributed by atoms with van der Waals surface area (Å²) >= 11 is 3.02. The van der Waals surface area contributed by atoms with E-state index in [1.807, 2.05) is 0 Å². The molecule has 0 aliphatic rings. The van der Waals surface area contributed by atoms with Gasteiger partial charge in [0, 0.05) is 4.47 Å².